The summed E-state index contributed by atoms with van der Waals surface area (Å²) in [6.45, 7) is 3.54. The SMILES string of the molecule is Cl.OC[C@@H](c1cc(Cl)cc(Cl)c1Cl)N1CCNCC1. The molecule has 1 heterocycles. The maximum atomic E-state index is 9.63. The third-order valence-corrected chi connectivity index (χ3v) is 4.18. The lowest BCUT2D eigenvalue weighted by Gasteiger charge is -2.34. The van der Waals surface area contributed by atoms with Crippen LogP contribution in [0.2, 0.25) is 15.1 Å². The van der Waals surface area contributed by atoms with Gasteiger partial charge in [0.2, 0.25) is 0 Å². The van der Waals surface area contributed by atoms with Crippen molar-refractivity contribution in [1.29, 1.82) is 0 Å². The Kier molecular flexibility index (Phi) is 7.19. The van der Waals surface area contributed by atoms with Gasteiger partial charge in [0.1, 0.15) is 0 Å². The smallest absolute Gasteiger partial charge is 0.0642 e. The summed E-state index contributed by atoms with van der Waals surface area (Å²) in [5.74, 6) is 0. The van der Waals surface area contributed by atoms with E-state index in [4.69, 9.17) is 34.8 Å². The average molecular weight is 346 g/mol. The predicted octanol–water partition coefficient (Wildman–Crippen LogP) is 3.01. The molecule has 0 spiro atoms. The molecule has 1 aromatic rings. The standard InChI is InChI=1S/C12H15Cl3N2O.ClH/c13-8-5-9(12(15)10(14)6-8)11(7-18)17-3-1-16-2-4-17;/h5-6,11,16,18H,1-4,7H2;1H/t11-;/m0./s1. The molecule has 0 unspecified atom stereocenters. The highest BCUT2D eigenvalue weighted by molar-refractivity contribution is 6.43. The van der Waals surface area contributed by atoms with Crippen molar-refractivity contribution in [2.45, 2.75) is 6.04 Å². The van der Waals surface area contributed by atoms with Gasteiger partial charge in [-0.25, -0.2) is 0 Å². The first-order valence-electron chi connectivity index (χ1n) is 5.83. The topological polar surface area (TPSA) is 35.5 Å². The Labute approximate surface area is 134 Å². The van der Waals surface area contributed by atoms with E-state index in [1.165, 1.54) is 0 Å². The van der Waals surface area contributed by atoms with Gasteiger partial charge in [-0.15, -0.1) is 12.4 Å². The zero-order valence-electron chi connectivity index (χ0n) is 10.2. The number of hydrogen-bond donors (Lipinski definition) is 2. The number of halogens is 4. The lowest BCUT2D eigenvalue weighted by atomic mass is 10.1. The highest BCUT2D eigenvalue weighted by atomic mass is 35.5. The van der Waals surface area contributed by atoms with E-state index >= 15 is 0 Å². The average Bonchev–Trinajstić information content (AvgIpc) is 2.37. The first kappa shape index (κ1) is 17.3. The summed E-state index contributed by atoms with van der Waals surface area (Å²) < 4.78 is 0. The van der Waals surface area contributed by atoms with Crippen molar-refractivity contribution in [2.75, 3.05) is 32.8 Å². The molecule has 1 fully saturated rings. The Bertz CT molecular complexity index is 424. The van der Waals surface area contributed by atoms with E-state index in [0.29, 0.717) is 15.1 Å². The number of benzene rings is 1. The molecule has 0 saturated carbocycles. The van der Waals surface area contributed by atoms with Crippen molar-refractivity contribution >= 4 is 47.2 Å². The van der Waals surface area contributed by atoms with Gasteiger partial charge in [-0.3, -0.25) is 4.90 Å². The number of hydrogen-bond acceptors (Lipinski definition) is 3. The summed E-state index contributed by atoms with van der Waals surface area (Å²) in [6.07, 6.45) is 0. The van der Waals surface area contributed by atoms with Gasteiger partial charge in [-0.05, 0) is 17.7 Å². The number of nitrogens with zero attached hydrogens (tertiary/aromatic N) is 1. The quantitative estimate of drug-likeness (QED) is 0.826. The van der Waals surface area contributed by atoms with Gasteiger partial charge >= 0.3 is 0 Å². The normalized spacial score (nSPS) is 17.9. The monoisotopic (exact) mass is 344 g/mol. The number of aliphatic hydroxyl groups is 1. The molecule has 1 aliphatic heterocycles. The fraction of sp³-hybridized carbons (Fsp3) is 0.500. The Morgan fingerprint density at radius 3 is 2.42 bits per heavy atom. The Morgan fingerprint density at radius 1 is 1.21 bits per heavy atom. The minimum Gasteiger partial charge on any atom is -0.394 e. The highest BCUT2D eigenvalue weighted by Crippen LogP contribution is 2.35. The first-order chi connectivity index (χ1) is 8.63. The number of nitrogens with one attached hydrogen (secondary N) is 1. The van der Waals surface area contributed by atoms with E-state index < -0.39 is 0 Å². The lowest BCUT2D eigenvalue weighted by molar-refractivity contribution is 0.111. The molecule has 3 nitrogen and oxygen atoms in total. The summed E-state index contributed by atoms with van der Waals surface area (Å²) in [6, 6.07) is 3.23. The van der Waals surface area contributed by atoms with Crippen molar-refractivity contribution in [2.24, 2.45) is 0 Å². The van der Waals surface area contributed by atoms with E-state index in [9.17, 15) is 5.11 Å². The van der Waals surface area contributed by atoms with Crippen LogP contribution < -0.4 is 5.32 Å². The predicted molar refractivity (Wildman–Crippen MR) is 83.0 cm³/mol. The Balaban J connectivity index is 0.00000180. The minimum absolute atomic E-state index is 0. The van der Waals surface area contributed by atoms with E-state index in [0.717, 1.165) is 31.7 Å². The molecule has 0 amide bonds. The van der Waals surface area contributed by atoms with E-state index in [-0.39, 0.29) is 25.1 Å². The number of rotatable bonds is 3. The van der Waals surface area contributed by atoms with Gasteiger partial charge in [-0.2, -0.15) is 0 Å². The van der Waals surface area contributed by atoms with Crippen LogP contribution in [0.3, 0.4) is 0 Å². The summed E-state index contributed by atoms with van der Waals surface area (Å²) >= 11 is 18.3. The number of aliphatic hydroxyl groups excluding tert-OH is 1. The number of piperazine rings is 1. The summed E-state index contributed by atoms with van der Waals surface area (Å²) in [5, 5.41) is 14.3. The van der Waals surface area contributed by atoms with Crippen molar-refractivity contribution in [3.05, 3.63) is 32.8 Å². The maximum Gasteiger partial charge on any atom is 0.0642 e. The van der Waals surface area contributed by atoms with Crippen LogP contribution >= 0.6 is 47.2 Å². The van der Waals surface area contributed by atoms with Crippen LogP contribution in [0.5, 0.6) is 0 Å². The van der Waals surface area contributed by atoms with Crippen LogP contribution in [0.25, 0.3) is 0 Å². The molecule has 0 radical (unpaired) electrons. The molecule has 0 aliphatic carbocycles. The largest absolute Gasteiger partial charge is 0.394 e. The van der Waals surface area contributed by atoms with Gasteiger partial charge in [0.15, 0.2) is 0 Å². The van der Waals surface area contributed by atoms with Gasteiger partial charge in [0, 0.05) is 31.2 Å². The second-order valence-corrected chi connectivity index (χ2v) is 5.50. The molecule has 1 aromatic carbocycles. The second-order valence-electron chi connectivity index (χ2n) is 4.28. The summed E-state index contributed by atoms with van der Waals surface area (Å²) in [4.78, 5) is 2.18. The van der Waals surface area contributed by atoms with Gasteiger partial charge < -0.3 is 10.4 Å². The zero-order chi connectivity index (χ0) is 13.1. The van der Waals surface area contributed by atoms with E-state index in [2.05, 4.69) is 10.2 Å². The molecule has 2 N–H and O–H groups in total. The van der Waals surface area contributed by atoms with E-state index in [1.54, 1.807) is 12.1 Å². The van der Waals surface area contributed by atoms with Gasteiger partial charge in [0.25, 0.3) is 0 Å². The molecule has 1 aliphatic rings. The molecule has 0 aromatic heterocycles. The second kappa shape index (κ2) is 7.89. The molecule has 108 valence electrons. The lowest BCUT2D eigenvalue weighted by Crippen LogP contribution is -2.46. The summed E-state index contributed by atoms with van der Waals surface area (Å²) in [5.41, 5.74) is 0.790. The van der Waals surface area contributed by atoms with Crippen molar-refractivity contribution in [3.8, 4) is 0 Å². The van der Waals surface area contributed by atoms with Crippen LogP contribution in [0.1, 0.15) is 11.6 Å². The molecule has 1 atom stereocenters. The van der Waals surface area contributed by atoms with Gasteiger partial charge in [0.05, 0.1) is 22.7 Å². The molecule has 1 saturated heterocycles. The van der Waals surface area contributed by atoms with Crippen LogP contribution in [0.4, 0.5) is 0 Å². The molecular weight excluding hydrogens is 330 g/mol. The Hall–Kier alpha value is 0.260. The van der Waals surface area contributed by atoms with Crippen LogP contribution in [-0.4, -0.2) is 42.8 Å². The third-order valence-electron chi connectivity index (χ3n) is 3.15. The first-order valence-corrected chi connectivity index (χ1v) is 6.97. The van der Waals surface area contributed by atoms with Crippen molar-refractivity contribution in [1.82, 2.24) is 10.2 Å². The maximum absolute atomic E-state index is 9.63. The fourth-order valence-electron chi connectivity index (χ4n) is 2.22. The molecule has 2 rings (SSSR count). The fourth-order valence-corrected chi connectivity index (χ4v) is 2.97. The van der Waals surface area contributed by atoms with Crippen LogP contribution in [0.15, 0.2) is 12.1 Å². The Morgan fingerprint density at radius 2 is 1.84 bits per heavy atom. The third kappa shape index (κ3) is 4.11. The molecule has 7 heteroatoms. The van der Waals surface area contributed by atoms with Crippen LogP contribution in [0, 0.1) is 0 Å². The van der Waals surface area contributed by atoms with Crippen molar-refractivity contribution in [3.63, 3.8) is 0 Å². The summed E-state index contributed by atoms with van der Waals surface area (Å²) in [7, 11) is 0. The van der Waals surface area contributed by atoms with Crippen LogP contribution in [-0.2, 0) is 0 Å². The zero-order valence-corrected chi connectivity index (χ0v) is 13.3. The van der Waals surface area contributed by atoms with Gasteiger partial charge in [-0.1, -0.05) is 34.8 Å². The molecular formula is C12H16Cl4N2O. The van der Waals surface area contributed by atoms with E-state index in [1.807, 2.05) is 0 Å². The molecule has 19 heavy (non-hydrogen) atoms. The highest BCUT2D eigenvalue weighted by Gasteiger charge is 2.24. The minimum atomic E-state index is -0.157. The van der Waals surface area contributed by atoms with Crippen molar-refractivity contribution < 1.29 is 5.11 Å². The molecule has 0 bridgehead atoms.